The minimum Gasteiger partial charge on any atom is -0.493 e. The Morgan fingerprint density at radius 1 is 1.14 bits per heavy atom. The second-order valence-electron chi connectivity index (χ2n) is 5.22. The molecule has 0 aliphatic carbocycles. The Hall–Kier alpha value is -2.43. The zero-order valence-corrected chi connectivity index (χ0v) is 11.8. The van der Waals surface area contributed by atoms with Crippen LogP contribution in [0.15, 0.2) is 42.5 Å². The Kier molecular flexibility index (Phi) is 4.04. The van der Waals surface area contributed by atoms with E-state index in [0.717, 1.165) is 23.4 Å². The van der Waals surface area contributed by atoms with Gasteiger partial charge in [-0.3, -0.25) is 4.79 Å². The Morgan fingerprint density at radius 3 is 2.64 bits per heavy atom. The number of ether oxygens (including phenoxy) is 1. The first-order valence-corrected chi connectivity index (χ1v) is 7.10. The number of nitrogens with one attached hydrogen (secondary N) is 1. The van der Waals surface area contributed by atoms with Crippen molar-refractivity contribution in [1.29, 1.82) is 0 Å². The zero-order chi connectivity index (χ0) is 15.5. The molecule has 0 bridgehead atoms. The maximum absolute atomic E-state index is 13.6. The number of carbonyl (C=O) groups excluding carboxylic acids is 1. The summed E-state index contributed by atoms with van der Waals surface area (Å²) in [4.78, 5) is 12.1. The van der Waals surface area contributed by atoms with Crippen molar-refractivity contribution in [2.24, 2.45) is 0 Å². The molecule has 0 aromatic heterocycles. The molecule has 1 N–H and O–H groups in total. The molecule has 1 amide bonds. The molecule has 1 heterocycles. The summed E-state index contributed by atoms with van der Waals surface area (Å²) in [6.07, 6.45) is 0.859. The largest absolute Gasteiger partial charge is 0.493 e. The van der Waals surface area contributed by atoms with Crippen LogP contribution in [-0.4, -0.2) is 12.5 Å². The lowest BCUT2D eigenvalue weighted by atomic mass is 9.90. The molecule has 0 saturated carbocycles. The molecule has 3 nitrogen and oxygen atoms in total. The normalized spacial score (nSPS) is 16.5. The lowest BCUT2D eigenvalue weighted by molar-refractivity contribution is -0.116. The molecule has 114 valence electrons. The second-order valence-corrected chi connectivity index (χ2v) is 5.22. The first kappa shape index (κ1) is 14.5. The van der Waals surface area contributed by atoms with Gasteiger partial charge in [-0.15, -0.1) is 0 Å². The van der Waals surface area contributed by atoms with Crippen molar-refractivity contribution in [3.05, 3.63) is 59.7 Å². The molecule has 0 spiro atoms. The molecule has 1 aliphatic heterocycles. The van der Waals surface area contributed by atoms with Crippen molar-refractivity contribution in [2.45, 2.75) is 18.8 Å². The highest BCUT2D eigenvalue weighted by atomic mass is 19.1. The van der Waals surface area contributed by atoms with Crippen LogP contribution in [0.2, 0.25) is 0 Å². The van der Waals surface area contributed by atoms with Crippen LogP contribution >= 0.6 is 0 Å². The fourth-order valence-electron chi connectivity index (χ4n) is 2.66. The predicted molar refractivity (Wildman–Crippen MR) is 78.9 cm³/mol. The number of carbonyl (C=O) groups is 1. The Bertz CT molecular complexity index is 683. The van der Waals surface area contributed by atoms with Crippen LogP contribution in [0.25, 0.3) is 0 Å². The van der Waals surface area contributed by atoms with Crippen molar-refractivity contribution in [3.8, 4) is 5.75 Å². The van der Waals surface area contributed by atoms with Crippen LogP contribution < -0.4 is 10.1 Å². The van der Waals surface area contributed by atoms with E-state index in [-0.39, 0.29) is 12.3 Å². The van der Waals surface area contributed by atoms with Gasteiger partial charge in [0, 0.05) is 6.42 Å². The third-order valence-electron chi connectivity index (χ3n) is 3.74. The van der Waals surface area contributed by atoms with Crippen molar-refractivity contribution in [3.63, 3.8) is 0 Å². The van der Waals surface area contributed by atoms with Gasteiger partial charge in [0.25, 0.3) is 0 Å². The van der Waals surface area contributed by atoms with Crippen molar-refractivity contribution in [1.82, 2.24) is 0 Å². The molecule has 2 aromatic rings. The minimum absolute atomic E-state index is 0.0141. The highest BCUT2D eigenvalue weighted by molar-refractivity contribution is 5.91. The Labute approximate surface area is 126 Å². The summed E-state index contributed by atoms with van der Waals surface area (Å²) in [5.74, 6) is -1.21. The van der Waals surface area contributed by atoms with Crippen molar-refractivity contribution < 1.29 is 18.3 Å². The summed E-state index contributed by atoms with van der Waals surface area (Å²) in [6, 6.07) is 11.0. The van der Waals surface area contributed by atoms with Crippen molar-refractivity contribution >= 4 is 11.6 Å². The SMILES string of the molecule is O=C(CC1CCOc2ccccc21)Nc1c(F)cccc1F. The van der Waals surface area contributed by atoms with Crippen LogP contribution in [0.3, 0.4) is 0 Å². The van der Waals surface area contributed by atoms with Gasteiger partial charge >= 0.3 is 0 Å². The molecule has 1 unspecified atom stereocenters. The summed E-state index contributed by atoms with van der Waals surface area (Å²) < 4.78 is 32.6. The molecule has 1 aliphatic rings. The van der Waals surface area contributed by atoms with E-state index in [4.69, 9.17) is 4.74 Å². The van der Waals surface area contributed by atoms with Gasteiger partial charge < -0.3 is 10.1 Å². The topological polar surface area (TPSA) is 38.3 Å². The summed E-state index contributed by atoms with van der Waals surface area (Å²) in [5.41, 5.74) is 0.561. The average Bonchev–Trinajstić information content (AvgIpc) is 2.51. The fraction of sp³-hybridized carbons (Fsp3) is 0.235. The smallest absolute Gasteiger partial charge is 0.225 e. The zero-order valence-electron chi connectivity index (χ0n) is 11.8. The number of hydrogen-bond acceptors (Lipinski definition) is 2. The van der Waals surface area contributed by atoms with Crippen LogP contribution in [0, 0.1) is 11.6 Å². The van der Waals surface area contributed by atoms with Crippen LogP contribution in [0.5, 0.6) is 5.75 Å². The van der Waals surface area contributed by atoms with Gasteiger partial charge in [0.2, 0.25) is 5.91 Å². The lowest BCUT2D eigenvalue weighted by Crippen LogP contribution is -2.21. The van der Waals surface area contributed by atoms with Crippen LogP contribution in [-0.2, 0) is 4.79 Å². The molecule has 1 atom stereocenters. The number of amides is 1. The predicted octanol–water partition coefficient (Wildman–Crippen LogP) is 3.86. The maximum atomic E-state index is 13.6. The molecule has 0 saturated heterocycles. The van der Waals surface area contributed by atoms with E-state index in [9.17, 15) is 13.6 Å². The molecule has 2 aromatic carbocycles. The number of anilines is 1. The van der Waals surface area contributed by atoms with E-state index in [1.54, 1.807) is 0 Å². The third kappa shape index (κ3) is 2.93. The quantitative estimate of drug-likeness (QED) is 0.935. The molecule has 22 heavy (non-hydrogen) atoms. The van der Waals surface area contributed by atoms with Crippen LogP contribution in [0.1, 0.15) is 24.3 Å². The molecule has 5 heteroatoms. The molecular weight excluding hydrogens is 288 g/mol. The summed E-state index contributed by atoms with van der Waals surface area (Å²) in [6.45, 7) is 0.531. The number of fused-ring (bicyclic) bond motifs is 1. The Balaban J connectivity index is 1.73. The summed E-state index contributed by atoms with van der Waals surface area (Å²) in [5, 5.41) is 2.33. The third-order valence-corrected chi connectivity index (χ3v) is 3.74. The summed E-state index contributed by atoms with van der Waals surface area (Å²) in [7, 11) is 0. The second kappa shape index (κ2) is 6.13. The minimum atomic E-state index is -0.777. The van der Waals surface area contributed by atoms with Gasteiger partial charge in [0.1, 0.15) is 23.1 Å². The number of halogens is 2. The molecule has 0 radical (unpaired) electrons. The molecular formula is C17H15F2NO2. The van der Waals surface area contributed by atoms with Gasteiger partial charge in [-0.05, 0) is 36.1 Å². The lowest BCUT2D eigenvalue weighted by Gasteiger charge is -2.25. The van der Waals surface area contributed by atoms with Gasteiger partial charge in [0.15, 0.2) is 0 Å². The number of rotatable bonds is 3. The average molecular weight is 303 g/mol. The van der Waals surface area contributed by atoms with E-state index in [1.807, 2.05) is 24.3 Å². The summed E-state index contributed by atoms with van der Waals surface area (Å²) >= 11 is 0. The van der Waals surface area contributed by atoms with Crippen LogP contribution in [0.4, 0.5) is 14.5 Å². The monoisotopic (exact) mass is 303 g/mol. The van der Waals surface area contributed by atoms with Gasteiger partial charge in [-0.1, -0.05) is 24.3 Å². The first-order chi connectivity index (χ1) is 10.6. The van der Waals surface area contributed by atoms with Crippen molar-refractivity contribution in [2.75, 3.05) is 11.9 Å². The van der Waals surface area contributed by atoms with Gasteiger partial charge in [-0.2, -0.15) is 0 Å². The van der Waals surface area contributed by atoms with E-state index in [2.05, 4.69) is 5.32 Å². The first-order valence-electron chi connectivity index (χ1n) is 7.10. The number of hydrogen-bond donors (Lipinski definition) is 1. The highest BCUT2D eigenvalue weighted by Crippen LogP contribution is 2.35. The fourth-order valence-corrected chi connectivity index (χ4v) is 2.66. The number of para-hydroxylation sites is 2. The van der Waals surface area contributed by atoms with E-state index in [1.165, 1.54) is 6.07 Å². The van der Waals surface area contributed by atoms with E-state index < -0.39 is 23.2 Å². The molecule has 3 rings (SSSR count). The van der Waals surface area contributed by atoms with E-state index >= 15 is 0 Å². The number of benzene rings is 2. The van der Waals surface area contributed by atoms with Gasteiger partial charge in [-0.25, -0.2) is 8.78 Å². The maximum Gasteiger partial charge on any atom is 0.225 e. The van der Waals surface area contributed by atoms with Gasteiger partial charge in [0.05, 0.1) is 6.61 Å². The standard InChI is InChI=1S/C17H15F2NO2/c18-13-5-3-6-14(19)17(13)20-16(21)10-11-8-9-22-15-7-2-1-4-12(11)15/h1-7,11H,8-10H2,(H,20,21). The Morgan fingerprint density at radius 2 is 1.86 bits per heavy atom. The molecule has 0 fully saturated rings. The highest BCUT2D eigenvalue weighted by Gasteiger charge is 2.24. The van der Waals surface area contributed by atoms with E-state index in [0.29, 0.717) is 13.0 Å².